The van der Waals surface area contributed by atoms with E-state index < -0.39 is 0 Å². The minimum absolute atomic E-state index is 1.00. The molecule has 21 heavy (non-hydrogen) atoms. The average Bonchev–Trinajstić information content (AvgIpc) is 2.56. The summed E-state index contributed by atoms with van der Waals surface area (Å²) in [5, 5.41) is 14.0. The molecule has 1 rings (SSSR count). The standard InChI is InChI=1S/C17H34.2CH4O/c1-2-4-6-8-10-12-14-16-17-15-13-11-9-7-5-3-1;2*1-2/h1-17H2;2*2H,1H3. The summed E-state index contributed by atoms with van der Waals surface area (Å²) < 4.78 is 0. The summed E-state index contributed by atoms with van der Waals surface area (Å²) in [6.45, 7) is 0. The molecule has 1 fully saturated rings. The molecule has 130 valence electrons. The van der Waals surface area contributed by atoms with E-state index in [1.165, 1.54) is 109 Å². The number of aliphatic hydroxyl groups excluding tert-OH is 2. The quantitative estimate of drug-likeness (QED) is 0.589. The van der Waals surface area contributed by atoms with E-state index in [0.717, 1.165) is 14.2 Å². The molecule has 2 heteroatoms. The smallest absolute Gasteiger partial charge is 0.0319 e. The first-order valence-electron chi connectivity index (χ1n) is 9.39. The Bertz CT molecular complexity index is 79.0. The van der Waals surface area contributed by atoms with Crippen LogP contribution in [0.15, 0.2) is 0 Å². The van der Waals surface area contributed by atoms with Crippen LogP contribution in [0.1, 0.15) is 109 Å². The van der Waals surface area contributed by atoms with Crippen LogP contribution in [0.25, 0.3) is 0 Å². The van der Waals surface area contributed by atoms with Gasteiger partial charge in [0.25, 0.3) is 0 Å². The van der Waals surface area contributed by atoms with Gasteiger partial charge >= 0.3 is 0 Å². The molecule has 1 saturated carbocycles. The predicted octanol–water partition coefficient (Wildman–Crippen LogP) is 5.85. The lowest BCUT2D eigenvalue weighted by atomic mass is 10.0. The summed E-state index contributed by atoms with van der Waals surface area (Å²) in [4.78, 5) is 0. The van der Waals surface area contributed by atoms with Gasteiger partial charge in [0.2, 0.25) is 0 Å². The molecule has 0 amide bonds. The average molecular weight is 303 g/mol. The minimum Gasteiger partial charge on any atom is -0.400 e. The molecule has 1 aliphatic rings. The Morgan fingerprint density at radius 2 is 0.286 bits per heavy atom. The first-order valence-corrected chi connectivity index (χ1v) is 9.39. The molecule has 2 nitrogen and oxygen atoms in total. The second-order valence-electron chi connectivity index (χ2n) is 6.01. The highest BCUT2D eigenvalue weighted by atomic mass is 16.2. The maximum atomic E-state index is 7.00. The zero-order valence-corrected chi connectivity index (χ0v) is 14.9. The summed E-state index contributed by atoms with van der Waals surface area (Å²) in [7, 11) is 2.00. The first kappa shape index (κ1) is 23.2. The Hall–Kier alpha value is -0.0800. The third kappa shape index (κ3) is 22.3. The van der Waals surface area contributed by atoms with E-state index >= 15 is 0 Å². The van der Waals surface area contributed by atoms with Crippen molar-refractivity contribution < 1.29 is 10.2 Å². The molecule has 0 atom stereocenters. The molecular formula is C19H42O2. The van der Waals surface area contributed by atoms with Gasteiger partial charge in [-0.1, -0.05) is 109 Å². The molecular weight excluding hydrogens is 260 g/mol. The van der Waals surface area contributed by atoms with Gasteiger partial charge in [0.05, 0.1) is 0 Å². The Morgan fingerprint density at radius 1 is 0.238 bits per heavy atom. The van der Waals surface area contributed by atoms with Gasteiger partial charge in [-0.25, -0.2) is 0 Å². The molecule has 2 N–H and O–H groups in total. The number of hydrogen-bond donors (Lipinski definition) is 2. The van der Waals surface area contributed by atoms with Crippen molar-refractivity contribution >= 4 is 0 Å². The number of rotatable bonds is 0. The van der Waals surface area contributed by atoms with Gasteiger partial charge < -0.3 is 10.2 Å². The Kier molecular flexibility index (Phi) is 27.5. The SMILES string of the molecule is C1CCCCCCCCCCCCCCCC1.CO.CO. The molecule has 0 heterocycles. The highest BCUT2D eigenvalue weighted by molar-refractivity contribution is 4.52. The zero-order chi connectivity index (χ0) is 16.0. The van der Waals surface area contributed by atoms with E-state index in [1.54, 1.807) is 0 Å². The molecule has 0 saturated heterocycles. The van der Waals surface area contributed by atoms with E-state index in [4.69, 9.17) is 10.2 Å². The zero-order valence-electron chi connectivity index (χ0n) is 14.9. The van der Waals surface area contributed by atoms with Crippen molar-refractivity contribution in [2.75, 3.05) is 14.2 Å². The van der Waals surface area contributed by atoms with Crippen molar-refractivity contribution in [2.45, 2.75) is 109 Å². The van der Waals surface area contributed by atoms with Crippen molar-refractivity contribution in [2.24, 2.45) is 0 Å². The van der Waals surface area contributed by atoms with Gasteiger partial charge in [0.1, 0.15) is 0 Å². The van der Waals surface area contributed by atoms with Crippen LogP contribution in [-0.4, -0.2) is 24.4 Å². The number of aliphatic hydroxyl groups is 2. The molecule has 0 unspecified atom stereocenters. The van der Waals surface area contributed by atoms with E-state index in [1.807, 2.05) is 0 Å². The van der Waals surface area contributed by atoms with Crippen LogP contribution in [-0.2, 0) is 0 Å². The first-order chi connectivity index (χ1) is 10.5. The lowest BCUT2D eigenvalue weighted by Gasteiger charge is -2.02. The summed E-state index contributed by atoms with van der Waals surface area (Å²) in [5.41, 5.74) is 0. The molecule has 0 bridgehead atoms. The maximum absolute atomic E-state index is 7.00. The van der Waals surface area contributed by atoms with Crippen LogP contribution >= 0.6 is 0 Å². The van der Waals surface area contributed by atoms with Crippen molar-refractivity contribution in [3.05, 3.63) is 0 Å². The molecule has 0 aromatic rings. The fraction of sp³-hybridized carbons (Fsp3) is 1.00. The van der Waals surface area contributed by atoms with Crippen LogP contribution in [0.3, 0.4) is 0 Å². The Morgan fingerprint density at radius 3 is 0.333 bits per heavy atom. The summed E-state index contributed by atoms with van der Waals surface area (Å²) in [5.74, 6) is 0. The summed E-state index contributed by atoms with van der Waals surface area (Å²) >= 11 is 0. The minimum atomic E-state index is 1.00. The van der Waals surface area contributed by atoms with Crippen LogP contribution in [0.2, 0.25) is 0 Å². The molecule has 0 spiro atoms. The lowest BCUT2D eigenvalue weighted by Crippen LogP contribution is -1.82. The largest absolute Gasteiger partial charge is 0.400 e. The monoisotopic (exact) mass is 302 g/mol. The van der Waals surface area contributed by atoms with Crippen LogP contribution in [0.5, 0.6) is 0 Å². The molecule has 0 aromatic carbocycles. The van der Waals surface area contributed by atoms with Crippen molar-refractivity contribution in [1.29, 1.82) is 0 Å². The predicted molar refractivity (Wildman–Crippen MR) is 94.8 cm³/mol. The maximum Gasteiger partial charge on any atom is 0.0319 e. The Labute approximate surface area is 134 Å². The second-order valence-corrected chi connectivity index (χ2v) is 6.01. The topological polar surface area (TPSA) is 40.5 Å². The third-order valence-electron chi connectivity index (χ3n) is 4.25. The van der Waals surface area contributed by atoms with Crippen molar-refractivity contribution in [1.82, 2.24) is 0 Å². The fourth-order valence-corrected chi connectivity index (χ4v) is 3.01. The van der Waals surface area contributed by atoms with Crippen LogP contribution in [0, 0.1) is 0 Å². The van der Waals surface area contributed by atoms with Gasteiger partial charge in [-0.3, -0.25) is 0 Å². The van der Waals surface area contributed by atoms with E-state index in [-0.39, 0.29) is 0 Å². The van der Waals surface area contributed by atoms with E-state index in [0.29, 0.717) is 0 Å². The van der Waals surface area contributed by atoms with Gasteiger partial charge in [0, 0.05) is 14.2 Å². The van der Waals surface area contributed by atoms with Crippen molar-refractivity contribution in [3.63, 3.8) is 0 Å². The van der Waals surface area contributed by atoms with E-state index in [9.17, 15) is 0 Å². The second kappa shape index (κ2) is 24.9. The van der Waals surface area contributed by atoms with Gasteiger partial charge in [-0.05, 0) is 0 Å². The normalized spacial score (nSPS) is 20.0. The lowest BCUT2D eigenvalue weighted by molar-refractivity contribution is 0.399. The molecule has 0 aliphatic heterocycles. The van der Waals surface area contributed by atoms with Crippen LogP contribution in [0.4, 0.5) is 0 Å². The number of hydrogen-bond acceptors (Lipinski definition) is 2. The summed E-state index contributed by atoms with van der Waals surface area (Å²) in [6, 6.07) is 0. The van der Waals surface area contributed by atoms with Gasteiger partial charge in [-0.15, -0.1) is 0 Å². The highest BCUT2D eigenvalue weighted by Gasteiger charge is 1.96. The Balaban J connectivity index is 0. The van der Waals surface area contributed by atoms with Gasteiger partial charge in [-0.2, -0.15) is 0 Å². The van der Waals surface area contributed by atoms with Crippen LogP contribution < -0.4 is 0 Å². The molecule has 0 radical (unpaired) electrons. The fourth-order valence-electron chi connectivity index (χ4n) is 3.01. The highest BCUT2D eigenvalue weighted by Crippen LogP contribution is 2.16. The van der Waals surface area contributed by atoms with Gasteiger partial charge in [0.15, 0.2) is 0 Å². The van der Waals surface area contributed by atoms with E-state index in [2.05, 4.69) is 0 Å². The third-order valence-corrected chi connectivity index (χ3v) is 4.25. The van der Waals surface area contributed by atoms with Crippen molar-refractivity contribution in [3.8, 4) is 0 Å². The molecule has 1 aliphatic carbocycles. The summed E-state index contributed by atoms with van der Waals surface area (Å²) in [6.07, 6.45) is 25.5. The molecule has 0 aromatic heterocycles.